The SMILES string of the molecule is CC[Si](CC)(CC)O[C@@H](/C=C(\C)I)[C@@H](OCc1ccc(OC)cc1)[C@H](CCC=O)OC. The molecule has 176 valence electrons. The van der Waals surface area contributed by atoms with Crippen LogP contribution in [0.1, 0.15) is 46.1 Å². The van der Waals surface area contributed by atoms with Crippen LogP contribution in [0.15, 0.2) is 33.9 Å². The van der Waals surface area contributed by atoms with E-state index in [1.165, 1.54) is 0 Å². The molecular weight excluding hydrogens is 523 g/mol. The average Bonchev–Trinajstić information content (AvgIpc) is 2.79. The summed E-state index contributed by atoms with van der Waals surface area (Å²) in [5.41, 5.74) is 1.05. The summed E-state index contributed by atoms with van der Waals surface area (Å²) in [6.07, 6.45) is 3.34. The largest absolute Gasteiger partial charge is 0.497 e. The fraction of sp³-hybridized carbons (Fsp3) is 0.625. The molecule has 0 spiro atoms. The molecule has 0 aromatic heterocycles. The topological polar surface area (TPSA) is 54.0 Å². The van der Waals surface area contributed by atoms with Crippen molar-refractivity contribution in [3.63, 3.8) is 0 Å². The van der Waals surface area contributed by atoms with Crippen molar-refractivity contribution < 1.29 is 23.4 Å². The number of methoxy groups -OCH3 is 2. The Kier molecular flexibility index (Phi) is 13.8. The second kappa shape index (κ2) is 15.2. The molecule has 0 radical (unpaired) electrons. The van der Waals surface area contributed by atoms with Gasteiger partial charge in [-0.15, -0.1) is 0 Å². The third kappa shape index (κ3) is 9.33. The van der Waals surface area contributed by atoms with Crippen LogP contribution in [-0.4, -0.2) is 47.1 Å². The van der Waals surface area contributed by atoms with Gasteiger partial charge in [0.05, 0.1) is 25.9 Å². The Morgan fingerprint density at radius 3 is 2.16 bits per heavy atom. The molecule has 0 unspecified atom stereocenters. The zero-order chi connectivity index (χ0) is 23.3. The molecule has 0 N–H and O–H groups in total. The molecule has 0 fully saturated rings. The summed E-state index contributed by atoms with van der Waals surface area (Å²) in [6, 6.07) is 11.0. The van der Waals surface area contributed by atoms with Crippen molar-refractivity contribution in [1.29, 1.82) is 0 Å². The van der Waals surface area contributed by atoms with Gasteiger partial charge in [0.15, 0.2) is 8.32 Å². The summed E-state index contributed by atoms with van der Waals surface area (Å²) < 4.78 is 25.6. The van der Waals surface area contributed by atoms with E-state index in [9.17, 15) is 4.79 Å². The number of carbonyl (C=O) groups is 1. The Hall–Kier alpha value is -0.743. The highest BCUT2D eigenvalue weighted by Gasteiger charge is 2.37. The van der Waals surface area contributed by atoms with E-state index in [2.05, 4.69) is 56.4 Å². The van der Waals surface area contributed by atoms with Crippen LogP contribution in [0, 0.1) is 0 Å². The molecule has 1 aromatic carbocycles. The van der Waals surface area contributed by atoms with E-state index in [4.69, 9.17) is 18.6 Å². The van der Waals surface area contributed by atoms with E-state index >= 15 is 0 Å². The normalized spacial score (nSPS) is 15.4. The molecule has 31 heavy (non-hydrogen) atoms. The molecule has 0 saturated carbocycles. The van der Waals surface area contributed by atoms with Crippen LogP contribution < -0.4 is 4.74 Å². The number of allylic oxidation sites excluding steroid dienone is 1. The zero-order valence-corrected chi connectivity index (χ0v) is 23.0. The molecule has 3 atom stereocenters. The lowest BCUT2D eigenvalue weighted by Gasteiger charge is -2.38. The molecule has 5 nitrogen and oxygen atoms in total. The minimum Gasteiger partial charge on any atom is -0.497 e. The number of hydrogen-bond donors (Lipinski definition) is 0. The van der Waals surface area contributed by atoms with Crippen LogP contribution in [0.2, 0.25) is 18.1 Å². The third-order valence-corrected chi connectivity index (χ3v) is 10.9. The second-order valence-corrected chi connectivity index (χ2v) is 14.1. The minimum absolute atomic E-state index is 0.224. The quantitative estimate of drug-likeness (QED) is 0.134. The van der Waals surface area contributed by atoms with Crippen LogP contribution in [0.3, 0.4) is 0 Å². The summed E-state index contributed by atoms with van der Waals surface area (Å²) in [7, 11) is 1.45. The van der Waals surface area contributed by atoms with E-state index in [-0.39, 0.29) is 18.3 Å². The van der Waals surface area contributed by atoms with Gasteiger partial charge in [0.2, 0.25) is 0 Å². The van der Waals surface area contributed by atoms with Gasteiger partial charge in [-0.25, -0.2) is 0 Å². The first kappa shape index (κ1) is 28.3. The van der Waals surface area contributed by atoms with Crippen molar-refractivity contribution in [3.8, 4) is 5.75 Å². The van der Waals surface area contributed by atoms with Gasteiger partial charge in [-0.3, -0.25) is 0 Å². The van der Waals surface area contributed by atoms with Gasteiger partial charge >= 0.3 is 0 Å². The van der Waals surface area contributed by atoms with E-state index in [0.29, 0.717) is 19.4 Å². The highest BCUT2D eigenvalue weighted by atomic mass is 127. The van der Waals surface area contributed by atoms with E-state index in [0.717, 1.165) is 39.3 Å². The summed E-state index contributed by atoms with van der Waals surface area (Å²) in [5.74, 6) is 0.815. The number of rotatable bonds is 16. The molecule has 0 aliphatic carbocycles. The van der Waals surface area contributed by atoms with Gasteiger partial charge in [0, 0.05) is 13.5 Å². The number of carbonyl (C=O) groups excluding carboxylic acids is 1. The summed E-state index contributed by atoms with van der Waals surface area (Å²) in [5, 5.41) is 0. The first-order valence-electron chi connectivity index (χ1n) is 11.1. The van der Waals surface area contributed by atoms with Crippen molar-refractivity contribution in [2.45, 2.75) is 83.6 Å². The number of halogens is 1. The van der Waals surface area contributed by atoms with E-state index in [1.807, 2.05) is 24.3 Å². The smallest absolute Gasteiger partial charge is 0.193 e. The maximum Gasteiger partial charge on any atom is 0.193 e. The van der Waals surface area contributed by atoms with Crippen molar-refractivity contribution in [2.24, 2.45) is 0 Å². The molecule has 0 amide bonds. The van der Waals surface area contributed by atoms with E-state index < -0.39 is 8.32 Å². The fourth-order valence-electron chi connectivity index (χ4n) is 3.69. The number of benzene rings is 1. The Bertz CT molecular complexity index is 648. The maximum atomic E-state index is 11.1. The number of aldehydes is 1. The standard InChI is InChI=1S/C24H39IO5Si/c1-7-31(8-2,9-3)30-23(17-19(4)25)24(22(28-6)11-10-16-26)29-18-20-12-14-21(27-5)15-13-20/h12-17,22-24H,7-11,18H2,1-6H3/b19-17+/t22-,23-,24-/m0/s1. The van der Waals surface area contributed by atoms with Gasteiger partial charge in [-0.1, -0.05) is 32.9 Å². The van der Waals surface area contributed by atoms with E-state index in [1.54, 1.807) is 14.2 Å². The predicted octanol–water partition coefficient (Wildman–Crippen LogP) is 6.30. The lowest BCUT2D eigenvalue weighted by molar-refractivity contribution is -0.114. The van der Waals surface area contributed by atoms with Crippen LogP contribution >= 0.6 is 22.6 Å². The molecular formula is C24H39IO5Si. The third-order valence-electron chi connectivity index (χ3n) is 5.88. The minimum atomic E-state index is -1.89. The molecule has 1 aromatic rings. The summed E-state index contributed by atoms with van der Waals surface area (Å²) in [4.78, 5) is 11.1. The van der Waals surface area contributed by atoms with Crippen molar-refractivity contribution in [3.05, 3.63) is 39.5 Å². The lowest BCUT2D eigenvalue weighted by Crippen LogP contribution is -2.48. The Morgan fingerprint density at radius 1 is 1.10 bits per heavy atom. The number of hydrogen-bond acceptors (Lipinski definition) is 5. The Morgan fingerprint density at radius 2 is 1.71 bits per heavy atom. The highest BCUT2D eigenvalue weighted by molar-refractivity contribution is 14.1. The molecule has 0 heterocycles. The van der Waals surface area contributed by atoms with Gasteiger partial charge in [0.1, 0.15) is 18.1 Å². The molecule has 0 bridgehead atoms. The van der Waals surface area contributed by atoms with Crippen molar-refractivity contribution in [1.82, 2.24) is 0 Å². The van der Waals surface area contributed by atoms with Crippen molar-refractivity contribution >= 4 is 37.2 Å². The average molecular weight is 563 g/mol. The lowest BCUT2D eigenvalue weighted by atomic mass is 10.0. The second-order valence-electron chi connectivity index (χ2n) is 7.72. The van der Waals surface area contributed by atoms with Gasteiger partial charge in [-0.05, 0) is 81.4 Å². The first-order valence-corrected chi connectivity index (χ1v) is 14.7. The molecule has 0 aliphatic heterocycles. The first-order chi connectivity index (χ1) is 14.9. The van der Waals surface area contributed by atoms with Crippen LogP contribution in [0.5, 0.6) is 5.75 Å². The highest BCUT2D eigenvalue weighted by Crippen LogP contribution is 2.29. The Balaban J connectivity index is 3.22. The van der Waals surface area contributed by atoms with Gasteiger partial charge in [-0.2, -0.15) is 0 Å². The predicted molar refractivity (Wildman–Crippen MR) is 138 cm³/mol. The molecule has 1 rings (SSSR count). The molecule has 7 heteroatoms. The van der Waals surface area contributed by atoms with Gasteiger partial charge < -0.3 is 23.4 Å². The van der Waals surface area contributed by atoms with Crippen LogP contribution in [-0.2, 0) is 25.3 Å². The Labute approximate surface area is 203 Å². The summed E-state index contributed by atoms with van der Waals surface area (Å²) in [6.45, 7) is 9.18. The zero-order valence-electron chi connectivity index (χ0n) is 19.9. The van der Waals surface area contributed by atoms with Crippen LogP contribution in [0.25, 0.3) is 0 Å². The monoisotopic (exact) mass is 562 g/mol. The fourth-order valence-corrected chi connectivity index (χ4v) is 6.82. The molecule has 0 aliphatic rings. The number of ether oxygens (including phenoxy) is 3. The van der Waals surface area contributed by atoms with Gasteiger partial charge in [0.25, 0.3) is 0 Å². The maximum absolute atomic E-state index is 11.1. The van der Waals surface area contributed by atoms with Crippen LogP contribution in [0.4, 0.5) is 0 Å². The summed E-state index contributed by atoms with van der Waals surface area (Å²) >= 11 is 2.32. The molecule has 0 saturated heterocycles. The van der Waals surface area contributed by atoms with Crippen molar-refractivity contribution in [2.75, 3.05) is 14.2 Å².